The average molecular weight is 480 g/mol. The molecule has 168 valence electrons. The lowest BCUT2D eigenvalue weighted by Crippen LogP contribution is -2.15. The SMILES string of the molecule is Cc1ccc(-c2c(-c3nnc(SCC(=O)Nc4ccccc4[N+](=O)[O-])n3C)csc2C)cc1. The van der Waals surface area contributed by atoms with Gasteiger partial charge in [0.15, 0.2) is 11.0 Å². The van der Waals surface area contributed by atoms with Gasteiger partial charge in [0, 0.05) is 34.5 Å². The van der Waals surface area contributed by atoms with Gasteiger partial charge in [-0.25, -0.2) is 0 Å². The van der Waals surface area contributed by atoms with Crippen molar-refractivity contribution in [3.05, 3.63) is 74.5 Å². The molecule has 0 bridgehead atoms. The minimum atomic E-state index is -0.522. The first-order valence-electron chi connectivity index (χ1n) is 10.1. The van der Waals surface area contributed by atoms with Gasteiger partial charge >= 0.3 is 0 Å². The van der Waals surface area contributed by atoms with Gasteiger partial charge in [-0.3, -0.25) is 14.9 Å². The van der Waals surface area contributed by atoms with Crippen LogP contribution >= 0.6 is 23.1 Å². The Morgan fingerprint density at radius 1 is 1.15 bits per heavy atom. The van der Waals surface area contributed by atoms with Gasteiger partial charge in [-0.05, 0) is 25.5 Å². The van der Waals surface area contributed by atoms with Crippen LogP contribution in [0.3, 0.4) is 0 Å². The maximum absolute atomic E-state index is 12.4. The number of aromatic nitrogens is 3. The highest BCUT2D eigenvalue weighted by atomic mass is 32.2. The molecule has 1 amide bonds. The predicted octanol–water partition coefficient (Wildman–Crippen LogP) is 5.47. The summed E-state index contributed by atoms with van der Waals surface area (Å²) in [7, 11) is 1.86. The number of carbonyl (C=O) groups excluding carboxylic acids is 1. The fourth-order valence-corrected chi connectivity index (χ4v) is 5.00. The number of nitro groups is 1. The molecular weight excluding hydrogens is 458 g/mol. The van der Waals surface area contributed by atoms with E-state index in [-0.39, 0.29) is 23.0 Å². The van der Waals surface area contributed by atoms with E-state index in [0.29, 0.717) is 5.16 Å². The summed E-state index contributed by atoms with van der Waals surface area (Å²) in [5.41, 5.74) is 4.46. The molecule has 4 rings (SSSR count). The van der Waals surface area contributed by atoms with Crippen molar-refractivity contribution in [1.29, 1.82) is 0 Å². The molecule has 0 radical (unpaired) electrons. The fraction of sp³-hybridized carbons (Fsp3) is 0.174. The van der Waals surface area contributed by atoms with E-state index >= 15 is 0 Å². The monoisotopic (exact) mass is 479 g/mol. The zero-order chi connectivity index (χ0) is 23.5. The van der Waals surface area contributed by atoms with E-state index in [0.717, 1.165) is 22.5 Å². The number of anilines is 1. The van der Waals surface area contributed by atoms with Gasteiger partial charge in [0.05, 0.1) is 10.7 Å². The first-order valence-corrected chi connectivity index (χ1v) is 11.9. The van der Waals surface area contributed by atoms with Crippen molar-refractivity contribution in [3.8, 4) is 22.5 Å². The number of aryl methyl sites for hydroxylation is 2. The van der Waals surface area contributed by atoms with Crippen molar-refractivity contribution in [3.63, 3.8) is 0 Å². The summed E-state index contributed by atoms with van der Waals surface area (Å²) >= 11 is 2.88. The molecule has 0 fully saturated rings. The maximum Gasteiger partial charge on any atom is 0.292 e. The molecule has 2 aromatic carbocycles. The van der Waals surface area contributed by atoms with Crippen LogP contribution in [0.1, 0.15) is 10.4 Å². The molecule has 0 unspecified atom stereocenters. The Bertz CT molecular complexity index is 1330. The summed E-state index contributed by atoms with van der Waals surface area (Å²) in [6.45, 7) is 4.14. The van der Waals surface area contributed by atoms with E-state index in [1.165, 1.54) is 34.3 Å². The third-order valence-corrected chi connectivity index (χ3v) is 7.03. The summed E-state index contributed by atoms with van der Waals surface area (Å²) < 4.78 is 1.86. The fourth-order valence-electron chi connectivity index (χ4n) is 3.43. The molecule has 2 heterocycles. The molecule has 0 saturated carbocycles. The van der Waals surface area contributed by atoms with Crippen LogP contribution in [0.15, 0.2) is 59.1 Å². The van der Waals surface area contributed by atoms with Gasteiger partial charge in [-0.1, -0.05) is 53.7 Å². The number of hydrogen-bond acceptors (Lipinski definition) is 7. The van der Waals surface area contributed by atoms with E-state index in [2.05, 4.69) is 59.0 Å². The summed E-state index contributed by atoms with van der Waals surface area (Å²) in [5, 5.41) is 25.0. The highest BCUT2D eigenvalue weighted by Gasteiger charge is 2.20. The van der Waals surface area contributed by atoms with Crippen LogP contribution in [-0.4, -0.2) is 31.3 Å². The Labute approximate surface area is 198 Å². The lowest BCUT2D eigenvalue weighted by Gasteiger charge is -2.08. The highest BCUT2D eigenvalue weighted by Crippen LogP contribution is 2.39. The highest BCUT2D eigenvalue weighted by molar-refractivity contribution is 7.99. The van der Waals surface area contributed by atoms with Crippen LogP contribution in [0, 0.1) is 24.0 Å². The van der Waals surface area contributed by atoms with Crippen LogP contribution in [-0.2, 0) is 11.8 Å². The van der Waals surface area contributed by atoms with Gasteiger partial charge in [0.25, 0.3) is 5.69 Å². The van der Waals surface area contributed by atoms with Crippen LogP contribution in [0.4, 0.5) is 11.4 Å². The van der Waals surface area contributed by atoms with E-state index in [1.807, 2.05) is 11.6 Å². The standard InChI is InChI=1S/C23H21N5O3S2/c1-14-8-10-16(11-9-14)21-15(2)32-12-17(21)22-25-26-23(27(22)3)33-13-20(29)24-18-6-4-5-7-19(18)28(30)31/h4-12H,13H2,1-3H3,(H,24,29). The number of thioether (sulfide) groups is 1. The van der Waals surface area contributed by atoms with Crippen molar-refractivity contribution in [2.75, 3.05) is 11.1 Å². The smallest absolute Gasteiger partial charge is 0.292 e. The number of nitro benzene ring substituents is 1. The second-order valence-corrected chi connectivity index (χ2v) is 9.45. The normalized spacial score (nSPS) is 10.9. The number of nitrogens with zero attached hydrogens (tertiary/aromatic N) is 4. The number of rotatable bonds is 7. The molecule has 10 heteroatoms. The third-order valence-electron chi connectivity index (χ3n) is 5.10. The van der Waals surface area contributed by atoms with Crippen molar-refractivity contribution in [2.45, 2.75) is 19.0 Å². The minimum absolute atomic E-state index is 0.0471. The Morgan fingerprint density at radius 2 is 1.88 bits per heavy atom. The molecule has 8 nitrogen and oxygen atoms in total. The van der Waals surface area contributed by atoms with Crippen LogP contribution in [0.2, 0.25) is 0 Å². The second-order valence-electron chi connectivity index (χ2n) is 7.42. The molecule has 4 aromatic rings. The maximum atomic E-state index is 12.4. The lowest BCUT2D eigenvalue weighted by atomic mass is 10.0. The van der Waals surface area contributed by atoms with Crippen LogP contribution in [0.5, 0.6) is 0 Å². The zero-order valence-electron chi connectivity index (χ0n) is 18.2. The third kappa shape index (κ3) is 4.81. The number of carbonyl (C=O) groups is 1. The van der Waals surface area contributed by atoms with Crippen molar-refractivity contribution < 1.29 is 9.72 Å². The molecule has 2 aromatic heterocycles. The molecule has 0 aliphatic rings. The van der Waals surface area contributed by atoms with E-state index in [9.17, 15) is 14.9 Å². The first-order chi connectivity index (χ1) is 15.8. The van der Waals surface area contributed by atoms with Gasteiger partial charge < -0.3 is 9.88 Å². The number of nitrogens with one attached hydrogen (secondary N) is 1. The Morgan fingerprint density at radius 3 is 2.61 bits per heavy atom. The quantitative estimate of drug-likeness (QED) is 0.214. The minimum Gasteiger partial charge on any atom is -0.320 e. The van der Waals surface area contributed by atoms with E-state index in [4.69, 9.17) is 0 Å². The number of amides is 1. The Balaban J connectivity index is 1.51. The molecular formula is C23H21N5O3S2. The summed E-state index contributed by atoms with van der Waals surface area (Å²) in [6, 6.07) is 14.4. The molecule has 0 aliphatic heterocycles. The van der Waals surface area contributed by atoms with Gasteiger partial charge in [-0.15, -0.1) is 21.5 Å². The van der Waals surface area contributed by atoms with Gasteiger partial charge in [0.2, 0.25) is 5.91 Å². The predicted molar refractivity (Wildman–Crippen MR) is 132 cm³/mol. The topological polar surface area (TPSA) is 103 Å². The van der Waals surface area contributed by atoms with Crippen molar-refractivity contribution in [1.82, 2.24) is 14.8 Å². The second kappa shape index (κ2) is 9.55. The summed E-state index contributed by atoms with van der Waals surface area (Å²) in [6.07, 6.45) is 0. The molecule has 1 N–H and O–H groups in total. The first kappa shape index (κ1) is 22.7. The van der Waals surface area contributed by atoms with Gasteiger partial charge in [-0.2, -0.15) is 0 Å². The molecule has 33 heavy (non-hydrogen) atoms. The average Bonchev–Trinajstić information content (AvgIpc) is 3.35. The largest absolute Gasteiger partial charge is 0.320 e. The molecule has 0 spiro atoms. The number of hydrogen-bond donors (Lipinski definition) is 1. The van der Waals surface area contributed by atoms with Gasteiger partial charge in [0.1, 0.15) is 5.69 Å². The van der Waals surface area contributed by atoms with Crippen LogP contribution < -0.4 is 5.32 Å². The molecule has 0 saturated heterocycles. The zero-order valence-corrected chi connectivity index (χ0v) is 19.9. The Hall–Kier alpha value is -3.50. The lowest BCUT2D eigenvalue weighted by molar-refractivity contribution is -0.383. The molecule has 0 aliphatic carbocycles. The number of thiophene rings is 1. The number of benzene rings is 2. The number of para-hydroxylation sites is 2. The molecule has 0 atom stereocenters. The Kier molecular flexibility index (Phi) is 6.57. The van der Waals surface area contributed by atoms with E-state index < -0.39 is 4.92 Å². The van der Waals surface area contributed by atoms with Crippen molar-refractivity contribution >= 4 is 40.4 Å². The van der Waals surface area contributed by atoms with Crippen LogP contribution in [0.25, 0.3) is 22.5 Å². The van der Waals surface area contributed by atoms with E-state index in [1.54, 1.807) is 23.5 Å². The summed E-state index contributed by atoms with van der Waals surface area (Å²) in [4.78, 5) is 24.2. The van der Waals surface area contributed by atoms with Crippen molar-refractivity contribution in [2.24, 2.45) is 7.05 Å². The summed E-state index contributed by atoms with van der Waals surface area (Å²) in [5.74, 6) is 0.410.